The molecule has 3 aliphatic rings. The SMILES string of the molecule is CCCOC(=O)C1C2C(=O)CC(c3ccc(OCCCC#N)cc32)C1C(=O)OCC[Si](C)(C)C. The van der Waals surface area contributed by atoms with E-state index in [2.05, 4.69) is 25.7 Å². The Labute approximate surface area is 202 Å². The minimum atomic E-state index is -1.39. The lowest BCUT2D eigenvalue weighted by Gasteiger charge is -2.46. The van der Waals surface area contributed by atoms with E-state index in [0.717, 1.165) is 17.2 Å². The van der Waals surface area contributed by atoms with Gasteiger partial charge >= 0.3 is 11.9 Å². The predicted octanol–water partition coefficient (Wildman–Crippen LogP) is 4.59. The Morgan fingerprint density at radius 1 is 1.06 bits per heavy atom. The Bertz CT molecular complexity index is 963. The van der Waals surface area contributed by atoms with Gasteiger partial charge < -0.3 is 14.2 Å². The van der Waals surface area contributed by atoms with Gasteiger partial charge in [-0.2, -0.15) is 5.26 Å². The molecule has 184 valence electrons. The van der Waals surface area contributed by atoms with E-state index in [1.54, 1.807) is 0 Å². The summed E-state index contributed by atoms with van der Waals surface area (Å²) in [5.41, 5.74) is 1.64. The fraction of sp³-hybridized carbons (Fsp3) is 0.615. The number of nitriles is 1. The molecule has 3 aliphatic carbocycles. The molecule has 0 aliphatic heterocycles. The van der Waals surface area contributed by atoms with Crippen molar-refractivity contribution in [2.75, 3.05) is 19.8 Å². The summed E-state index contributed by atoms with van der Waals surface area (Å²) in [5, 5.41) is 8.71. The van der Waals surface area contributed by atoms with Crippen LogP contribution < -0.4 is 4.74 Å². The average molecular weight is 486 g/mol. The van der Waals surface area contributed by atoms with Crippen molar-refractivity contribution in [1.29, 1.82) is 5.26 Å². The van der Waals surface area contributed by atoms with Gasteiger partial charge in [0.05, 0.1) is 43.6 Å². The third kappa shape index (κ3) is 5.87. The van der Waals surface area contributed by atoms with E-state index in [9.17, 15) is 14.4 Å². The van der Waals surface area contributed by atoms with E-state index >= 15 is 0 Å². The molecule has 34 heavy (non-hydrogen) atoms. The lowest BCUT2D eigenvalue weighted by Crippen LogP contribution is -2.50. The number of ketones is 1. The van der Waals surface area contributed by atoms with Crippen LogP contribution in [0.15, 0.2) is 18.2 Å². The lowest BCUT2D eigenvalue weighted by molar-refractivity contribution is -0.167. The Morgan fingerprint density at radius 3 is 2.44 bits per heavy atom. The zero-order valence-corrected chi connectivity index (χ0v) is 21.6. The zero-order chi connectivity index (χ0) is 24.9. The molecule has 1 aromatic carbocycles. The summed E-state index contributed by atoms with van der Waals surface area (Å²) in [6, 6.07) is 8.46. The Balaban J connectivity index is 1.90. The monoisotopic (exact) mass is 485 g/mol. The lowest BCUT2D eigenvalue weighted by atomic mass is 9.55. The molecule has 0 N–H and O–H groups in total. The van der Waals surface area contributed by atoms with Crippen molar-refractivity contribution in [3.63, 3.8) is 0 Å². The maximum Gasteiger partial charge on any atom is 0.310 e. The molecule has 0 heterocycles. The molecule has 4 unspecified atom stereocenters. The highest BCUT2D eigenvalue weighted by molar-refractivity contribution is 6.76. The van der Waals surface area contributed by atoms with Gasteiger partial charge in [0, 0.05) is 26.8 Å². The third-order valence-electron chi connectivity index (χ3n) is 6.53. The van der Waals surface area contributed by atoms with Crippen molar-refractivity contribution in [3.05, 3.63) is 29.3 Å². The zero-order valence-electron chi connectivity index (χ0n) is 20.6. The van der Waals surface area contributed by atoms with Gasteiger partial charge in [-0.25, -0.2) is 0 Å². The van der Waals surface area contributed by atoms with Gasteiger partial charge in [-0.3, -0.25) is 14.4 Å². The molecule has 1 aromatic rings. The molecule has 7 nitrogen and oxygen atoms in total. The number of hydrogen-bond acceptors (Lipinski definition) is 7. The van der Waals surface area contributed by atoms with Crippen LogP contribution in [-0.2, 0) is 23.9 Å². The summed E-state index contributed by atoms with van der Waals surface area (Å²) in [5.74, 6) is -3.18. The number of carbonyl (C=O) groups excluding carboxylic acids is 3. The van der Waals surface area contributed by atoms with Gasteiger partial charge in [0.25, 0.3) is 0 Å². The summed E-state index contributed by atoms with van der Waals surface area (Å²) in [4.78, 5) is 39.5. The van der Waals surface area contributed by atoms with Gasteiger partial charge in [0.15, 0.2) is 0 Å². The van der Waals surface area contributed by atoms with Gasteiger partial charge in [0.2, 0.25) is 0 Å². The van der Waals surface area contributed by atoms with Crippen LogP contribution in [0.5, 0.6) is 5.75 Å². The van der Waals surface area contributed by atoms with Crippen LogP contribution in [0.25, 0.3) is 0 Å². The maximum atomic E-state index is 13.3. The van der Waals surface area contributed by atoms with E-state index in [4.69, 9.17) is 19.5 Å². The first-order valence-electron chi connectivity index (χ1n) is 12.2. The predicted molar refractivity (Wildman–Crippen MR) is 129 cm³/mol. The smallest absolute Gasteiger partial charge is 0.310 e. The van der Waals surface area contributed by atoms with E-state index < -0.39 is 43.7 Å². The number of nitrogens with zero attached hydrogens (tertiary/aromatic N) is 1. The molecule has 0 amide bonds. The first-order chi connectivity index (χ1) is 16.2. The van der Waals surface area contributed by atoms with Crippen LogP contribution in [0.4, 0.5) is 0 Å². The van der Waals surface area contributed by atoms with Gasteiger partial charge in [-0.05, 0) is 42.1 Å². The van der Waals surface area contributed by atoms with Crippen LogP contribution in [0.1, 0.15) is 55.6 Å². The maximum absolute atomic E-state index is 13.3. The summed E-state index contributed by atoms with van der Waals surface area (Å²) in [6.07, 6.45) is 1.88. The largest absolute Gasteiger partial charge is 0.494 e. The fourth-order valence-corrected chi connectivity index (χ4v) is 5.55. The first kappa shape index (κ1) is 26.0. The third-order valence-corrected chi connectivity index (χ3v) is 8.24. The van der Waals surface area contributed by atoms with Crippen molar-refractivity contribution < 1.29 is 28.6 Å². The minimum absolute atomic E-state index is 0.0521. The molecule has 8 heteroatoms. The number of ether oxygens (including phenoxy) is 3. The van der Waals surface area contributed by atoms with Crippen molar-refractivity contribution in [2.24, 2.45) is 11.8 Å². The second-order valence-corrected chi connectivity index (χ2v) is 16.0. The normalized spacial score (nSPS) is 23.1. The summed E-state index contributed by atoms with van der Waals surface area (Å²) in [7, 11) is -1.39. The van der Waals surface area contributed by atoms with Crippen molar-refractivity contribution in [3.8, 4) is 11.8 Å². The summed E-state index contributed by atoms with van der Waals surface area (Å²) >= 11 is 0. The van der Waals surface area contributed by atoms with E-state index in [1.807, 2.05) is 25.1 Å². The number of unbranched alkanes of at least 4 members (excludes halogenated alkanes) is 1. The second-order valence-electron chi connectivity index (χ2n) is 10.4. The van der Waals surface area contributed by atoms with E-state index in [1.165, 1.54) is 0 Å². The number of esters is 2. The highest BCUT2D eigenvalue weighted by atomic mass is 28.3. The van der Waals surface area contributed by atoms with Crippen molar-refractivity contribution in [1.82, 2.24) is 0 Å². The molecule has 1 fully saturated rings. The topological polar surface area (TPSA) is 103 Å². The molecule has 4 atom stereocenters. The summed E-state index contributed by atoms with van der Waals surface area (Å²) < 4.78 is 16.9. The number of fused-ring (bicyclic) bond motifs is 2. The van der Waals surface area contributed by atoms with Gasteiger partial charge in [0.1, 0.15) is 11.5 Å². The van der Waals surface area contributed by atoms with Gasteiger partial charge in [-0.1, -0.05) is 32.6 Å². The quantitative estimate of drug-likeness (QED) is 0.256. The molecule has 0 radical (unpaired) electrons. The minimum Gasteiger partial charge on any atom is -0.494 e. The molecular formula is C26H35NO6Si. The number of benzene rings is 1. The Kier molecular flexibility index (Phi) is 8.53. The second kappa shape index (κ2) is 11.2. The van der Waals surface area contributed by atoms with Crippen LogP contribution in [-0.4, -0.2) is 45.6 Å². The van der Waals surface area contributed by atoms with Crippen LogP contribution in [0.2, 0.25) is 25.7 Å². The molecule has 4 rings (SSSR count). The van der Waals surface area contributed by atoms with E-state index in [0.29, 0.717) is 38.2 Å². The molecule has 2 bridgehead atoms. The molecule has 0 saturated heterocycles. The highest BCUT2D eigenvalue weighted by Gasteiger charge is 2.57. The van der Waals surface area contributed by atoms with E-state index in [-0.39, 0.29) is 18.8 Å². The van der Waals surface area contributed by atoms with Crippen molar-refractivity contribution in [2.45, 2.75) is 70.1 Å². The molecular weight excluding hydrogens is 450 g/mol. The Morgan fingerprint density at radius 2 is 1.76 bits per heavy atom. The van der Waals surface area contributed by atoms with Crippen LogP contribution >= 0.6 is 0 Å². The van der Waals surface area contributed by atoms with Crippen LogP contribution in [0, 0.1) is 23.2 Å². The molecule has 0 aromatic heterocycles. The fourth-order valence-electron chi connectivity index (χ4n) is 4.84. The highest BCUT2D eigenvalue weighted by Crippen LogP contribution is 2.55. The standard InChI is InChI=1S/C26H35NO6Si/c1-5-11-32-26(30)24-22-19-15-17(31-12-7-6-10-27)8-9-18(19)20(16-21(22)28)23(24)25(29)33-13-14-34(2,3)4/h8-9,15,20,22-24H,5-7,11-14,16H2,1-4H3. The molecule has 1 saturated carbocycles. The first-order valence-corrected chi connectivity index (χ1v) is 15.9. The van der Waals surface area contributed by atoms with Crippen molar-refractivity contribution >= 4 is 25.8 Å². The Hall–Kier alpha value is -2.66. The number of Topliss-reactive ketones (excluding diaryl/α,β-unsaturated/α-hetero) is 1. The number of carbonyl (C=O) groups is 3. The summed E-state index contributed by atoms with van der Waals surface area (Å²) in [6.45, 7) is 9.50. The average Bonchev–Trinajstić information content (AvgIpc) is 2.78. The van der Waals surface area contributed by atoms with Gasteiger partial charge in [-0.15, -0.1) is 0 Å². The van der Waals surface area contributed by atoms with Crippen LogP contribution in [0.3, 0.4) is 0 Å². The molecule has 0 spiro atoms. The number of rotatable bonds is 11. The number of hydrogen-bond donors (Lipinski definition) is 0.